The van der Waals surface area contributed by atoms with Crippen molar-refractivity contribution in [2.24, 2.45) is 0 Å². The van der Waals surface area contributed by atoms with Gasteiger partial charge in [0.25, 0.3) is 0 Å². The van der Waals surface area contributed by atoms with Gasteiger partial charge < -0.3 is 20.3 Å². The summed E-state index contributed by atoms with van der Waals surface area (Å²) >= 11 is 7.15. The molecule has 2 rings (SSSR count). The van der Waals surface area contributed by atoms with Gasteiger partial charge in [0.1, 0.15) is 5.75 Å². The molecule has 0 spiro atoms. The third-order valence-corrected chi connectivity index (χ3v) is 4.59. The Labute approximate surface area is 147 Å². The van der Waals surface area contributed by atoms with Crippen molar-refractivity contribution < 1.29 is 4.74 Å². The highest BCUT2D eigenvalue weighted by Crippen LogP contribution is 2.22. The molecule has 1 heterocycles. The fourth-order valence-corrected chi connectivity index (χ4v) is 3.31. The first-order valence-corrected chi connectivity index (χ1v) is 8.86. The lowest BCUT2D eigenvalue weighted by atomic mass is 10.2. The zero-order valence-electron chi connectivity index (χ0n) is 13.7. The fraction of sp³-hybridized carbons (Fsp3) is 0.353. The molecule has 1 aromatic carbocycles. The summed E-state index contributed by atoms with van der Waals surface area (Å²) in [6.45, 7) is 3.40. The Kier molecular flexibility index (Phi) is 6.83. The average molecular weight is 350 g/mol. The number of hydrogen-bond donors (Lipinski definition) is 2. The second-order valence-corrected chi connectivity index (χ2v) is 6.67. The molecule has 23 heavy (non-hydrogen) atoms. The molecule has 2 aromatic rings. The summed E-state index contributed by atoms with van der Waals surface area (Å²) in [6, 6.07) is 12.3. The van der Waals surface area contributed by atoms with E-state index in [0.29, 0.717) is 17.8 Å². The van der Waals surface area contributed by atoms with E-state index >= 15 is 0 Å². The van der Waals surface area contributed by atoms with E-state index in [-0.39, 0.29) is 0 Å². The summed E-state index contributed by atoms with van der Waals surface area (Å²) in [6.07, 6.45) is 0. The van der Waals surface area contributed by atoms with E-state index in [9.17, 15) is 0 Å². The molecule has 2 N–H and O–H groups in total. The number of ether oxygens (including phenoxy) is 1. The largest absolute Gasteiger partial charge is 0.494 e. The van der Waals surface area contributed by atoms with E-state index in [2.05, 4.69) is 47.1 Å². The predicted octanol–water partition coefficient (Wildman–Crippen LogP) is 3.74. The van der Waals surface area contributed by atoms with Crippen LogP contribution in [0.3, 0.4) is 0 Å². The number of anilines is 1. The van der Waals surface area contributed by atoms with Gasteiger partial charge in [-0.05, 0) is 68.9 Å². The van der Waals surface area contributed by atoms with Gasteiger partial charge in [0.2, 0.25) is 0 Å². The van der Waals surface area contributed by atoms with Crippen molar-refractivity contribution in [1.82, 2.24) is 10.2 Å². The summed E-state index contributed by atoms with van der Waals surface area (Å²) in [7, 11) is 4.16. The molecule has 0 aliphatic carbocycles. The highest BCUT2D eigenvalue weighted by atomic mass is 32.1. The minimum Gasteiger partial charge on any atom is -0.494 e. The standard InChI is InChI=1S/C17H23N3OS2/c1-4-21-14-9-7-13(8-10-14)19-17(22)18-12-15(20(2)3)16-6-5-11-23-16/h5-11,15H,4,12H2,1-3H3,(H2,18,19,22). The van der Waals surface area contributed by atoms with Crippen LogP contribution in [0.5, 0.6) is 5.75 Å². The molecular weight excluding hydrogens is 326 g/mol. The van der Waals surface area contributed by atoms with Crippen molar-refractivity contribution in [2.45, 2.75) is 13.0 Å². The quantitative estimate of drug-likeness (QED) is 0.745. The first kappa shape index (κ1) is 17.7. The first-order chi connectivity index (χ1) is 11.1. The van der Waals surface area contributed by atoms with Gasteiger partial charge in [-0.2, -0.15) is 0 Å². The molecule has 0 radical (unpaired) electrons. The first-order valence-electron chi connectivity index (χ1n) is 7.57. The summed E-state index contributed by atoms with van der Waals surface area (Å²) in [5.74, 6) is 0.863. The Hall–Kier alpha value is -1.63. The van der Waals surface area contributed by atoms with Gasteiger partial charge in [-0.15, -0.1) is 11.3 Å². The highest BCUT2D eigenvalue weighted by molar-refractivity contribution is 7.80. The molecule has 0 saturated heterocycles. The lowest BCUT2D eigenvalue weighted by molar-refractivity contribution is 0.303. The maximum Gasteiger partial charge on any atom is 0.170 e. The van der Waals surface area contributed by atoms with Crippen molar-refractivity contribution in [1.29, 1.82) is 0 Å². The van der Waals surface area contributed by atoms with Crippen molar-refractivity contribution in [3.05, 3.63) is 46.7 Å². The lowest BCUT2D eigenvalue weighted by Crippen LogP contribution is -2.36. The molecule has 1 aromatic heterocycles. The highest BCUT2D eigenvalue weighted by Gasteiger charge is 2.15. The number of nitrogens with one attached hydrogen (secondary N) is 2. The van der Waals surface area contributed by atoms with E-state index in [1.807, 2.05) is 31.2 Å². The second kappa shape index (κ2) is 8.86. The van der Waals surface area contributed by atoms with Crippen LogP contribution in [0.1, 0.15) is 17.8 Å². The molecule has 0 aliphatic heterocycles. The third-order valence-electron chi connectivity index (χ3n) is 3.37. The second-order valence-electron chi connectivity index (χ2n) is 5.29. The van der Waals surface area contributed by atoms with Gasteiger partial charge in [-0.25, -0.2) is 0 Å². The zero-order valence-corrected chi connectivity index (χ0v) is 15.3. The van der Waals surface area contributed by atoms with Gasteiger partial charge in [0.05, 0.1) is 12.6 Å². The van der Waals surface area contributed by atoms with E-state index in [1.165, 1.54) is 4.88 Å². The van der Waals surface area contributed by atoms with Crippen LogP contribution in [0.25, 0.3) is 0 Å². The Morgan fingerprint density at radius 3 is 2.57 bits per heavy atom. The van der Waals surface area contributed by atoms with Gasteiger partial charge in [0.15, 0.2) is 5.11 Å². The number of nitrogens with zero attached hydrogens (tertiary/aromatic N) is 1. The van der Waals surface area contributed by atoms with Gasteiger partial charge >= 0.3 is 0 Å². The summed E-state index contributed by atoms with van der Waals surface area (Å²) in [5.41, 5.74) is 0.948. The molecule has 124 valence electrons. The van der Waals surface area contributed by atoms with Crippen LogP contribution in [0.15, 0.2) is 41.8 Å². The average Bonchev–Trinajstić information content (AvgIpc) is 3.03. The maximum atomic E-state index is 5.43. The van der Waals surface area contributed by atoms with Crippen LogP contribution in [0, 0.1) is 0 Å². The number of likely N-dealkylation sites (N-methyl/N-ethyl adjacent to an activating group) is 1. The fourth-order valence-electron chi connectivity index (χ4n) is 2.18. The molecule has 4 nitrogen and oxygen atoms in total. The molecule has 0 amide bonds. The number of hydrogen-bond acceptors (Lipinski definition) is 4. The Morgan fingerprint density at radius 1 is 1.26 bits per heavy atom. The minimum atomic E-state index is 0.301. The Balaban J connectivity index is 1.86. The van der Waals surface area contributed by atoms with Crippen LogP contribution >= 0.6 is 23.6 Å². The van der Waals surface area contributed by atoms with Crippen LogP contribution in [0.2, 0.25) is 0 Å². The molecular formula is C17H23N3OS2. The van der Waals surface area contributed by atoms with Crippen molar-refractivity contribution in [3.8, 4) is 5.75 Å². The smallest absolute Gasteiger partial charge is 0.170 e. The van der Waals surface area contributed by atoms with Crippen molar-refractivity contribution in [2.75, 3.05) is 32.6 Å². The molecule has 6 heteroatoms. The van der Waals surface area contributed by atoms with E-state index in [4.69, 9.17) is 17.0 Å². The van der Waals surface area contributed by atoms with Gasteiger partial charge in [-0.1, -0.05) is 6.07 Å². The number of benzene rings is 1. The number of rotatable bonds is 7. The molecule has 0 bridgehead atoms. The van der Waals surface area contributed by atoms with E-state index < -0.39 is 0 Å². The third kappa shape index (κ3) is 5.49. The van der Waals surface area contributed by atoms with Crippen molar-refractivity contribution >= 4 is 34.4 Å². The van der Waals surface area contributed by atoms with Gasteiger partial charge in [0, 0.05) is 17.1 Å². The topological polar surface area (TPSA) is 36.5 Å². The Morgan fingerprint density at radius 2 is 2.00 bits per heavy atom. The molecule has 1 unspecified atom stereocenters. The maximum absolute atomic E-state index is 5.43. The van der Waals surface area contributed by atoms with Crippen LogP contribution in [0.4, 0.5) is 5.69 Å². The van der Waals surface area contributed by atoms with E-state index in [0.717, 1.165) is 18.0 Å². The summed E-state index contributed by atoms with van der Waals surface area (Å²) < 4.78 is 5.43. The van der Waals surface area contributed by atoms with Crippen molar-refractivity contribution in [3.63, 3.8) is 0 Å². The SMILES string of the molecule is CCOc1ccc(NC(=S)NCC(c2cccs2)N(C)C)cc1. The van der Waals surface area contributed by atoms with Gasteiger partial charge in [-0.3, -0.25) is 0 Å². The normalized spacial score (nSPS) is 12.0. The summed E-state index contributed by atoms with van der Waals surface area (Å²) in [5, 5.41) is 9.22. The zero-order chi connectivity index (χ0) is 16.7. The van der Waals surface area contributed by atoms with E-state index in [1.54, 1.807) is 11.3 Å². The molecule has 0 fully saturated rings. The molecule has 0 aliphatic rings. The number of thiophene rings is 1. The van der Waals surface area contributed by atoms with Crippen LogP contribution < -0.4 is 15.4 Å². The molecule has 1 atom stereocenters. The summed E-state index contributed by atoms with van der Waals surface area (Å²) in [4.78, 5) is 3.52. The predicted molar refractivity (Wildman–Crippen MR) is 103 cm³/mol. The minimum absolute atomic E-state index is 0.301. The lowest BCUT2D eigenvalue weighted by Gasteiger charge is -2.24. The van der Waals surface area contributed by atoms with Crippen LogP contribution in [-0.4, -0.2) is 37.3 Å². The van der Waals surface area contributed by atoms with Crippen LogP contribution in [-0.2, 0) is 0 Å². The number of thiocarbonyl (C=S) groups is 1. The monoisotopic (exact) mass is 349 g/mol. The Bertz CT molecular complexity index is 597. The molecule has 0 saturated carbocycles.